The van der Waals surface area contributed by atoms with Crippen LogP contribution in [0.1, 0.15) is 250 Å². The maximum atomic E-state index is 12.9. The molecule has 670 valence electrons. The number of aliphatic hydroxyl groups is 4. The Labute approximate surface area is 815 Å². The van der Waals surface area contributed by atoms with Gasteiger partial charge in [0, 0.05) is 12.0 Å². The zero-order chi connectivity index (χ0) is 85.3. The molecule has 0 bridgehead atoms. The Bertz CT molecular complexity index is 3940. The summed E-state index contributed by atoms with van der Waals surface area (Å²) in [5.41, 5.74) is 9.17. The van der Waals surface area contributed by atoms with Gasteiger partial charge in [0.25, 0.3) is 0 Å². The standard InChI is InChI=1S/C41H60O4.C30H50O2.C11H12O3.C9H10O.C9H9O.C3H5ClO2.2CH4.3Na.H2O.H/c1-28(2)30-17-22-41(27-45-35(43)26-44-25-11-14-29-12-9-8-10-13-29)24-23-39(6)31(36(30)41)15-16-33-38(5)20-19-34(42)37(3,4)32(38)18-21-40(33,39)7;1-19(2)20-10-15-30(18-31)17-16-28(6)21(25(20)30)8-9-23-27(5)13-12-24(32)26(3,4)22(27)11-14-29(23,28)7;12-11(13)9-14-8-4-7-10-5-2-1-3-6-10;2*10-8-4-7-9-5-2-1-3-6-9;1-6-3(5)2-4;;;;;;;/h8-14,30-34,36,42H,1,15-27H2,2-7H3;20-25,31-32H,1,8-18H2,2-7H3;1-7H,8-9H2,(H,12,13);1-7,10H,8H2;1-7H,8H2;2H2,1H3;2*1H4;;;;1H2;/q;;;;-1;;;;3*+1;;-1/p-1/b14-11+;;3*7-4+;;;;;;;;/t30-,31?,32?,33?,34-,36?,38-,39+,40+,41+;20-,21?,22?,23?,24-,25?,27-,28+,29+,30+;;;;;;;;;;;/m00.........../s1. The van der Waals surface area contributed by atoms with E-state index < -0.39 is 11.9 Å². The first-order valence-electron chi connectivity index (χ1n) is 44.1. The van der Waals surface area contributed by atoms with Crippen LogP contribution >= 0.6 is 11.6 Å². The third kappa shape index (κ3) is 25.5. The number of aliphatic carboxylic acids is 1. The number of hydrogen-bond donors (Lipinski definition) is 5. The molecular formula is C105H156ClNa3O14. The Morgan fingerprint density at radius 2 is 0.837 bits per heavy atom. The van der Waals surface area contributed by atoms with Crippen molar-refractivity contribution in [3.63, 3.8) is 0 Å². The van der Waals surface area contributed by atoms with Gasteiger partial charge in [-0.1, -0.05) is 272 Å². The summed E-state index contributed by atoms with van der Waals surface area (Å²) in [6.07, 6.45) is 38.5. The van der Waals surface area contributed by atoms with Gasteiger partial charge in [0.2, 0.25) is 0 Å². The summed E-state index contributed by atoms with van der Waals surface area (Å²) >= 11 is 4.98. The number of alkyl halides is 1. The molecule has 0 saturated heterocycles. The first kappa shape index (κ1) is 114. The Morgan fingerprint density at radius 1 is 0.472 bits per heavy atom. The minimum atomic E-state index is -0.946. The van der Waals surface area contributed by atoms with E-state index in [9.17, 15) is 34.8 Å². The summed E-state index contributed by atoms with van der Waals surface area (Å²) in [5.74, 6) is 4.61. The van der Waals surface area contributed by atoms with Crippen molar-refractivity contribution in [2.24, 2.45) is 113 Å². The maximum Gasteiger partial charge on any atom is 1.00 e. The van der Waals surface area contributed by atoms with E-state index in [1.54, 1.807) is 18.2 Å². The van der Waals surface area contributed by atoms with Crippen LogP contribution in [-0.4, -0.2) is 127 Å². The van der Waals surface area contributed by atoms with Crippen LogP contribution in [0.3, 0.4) is 0 Å². The van der Waals surface area contributed by atoms with E-state index >= 15 is 0 Å². The molecule has 0 heterocycles. The molecule has 0 radical (unpaired) electrons. The fourth-order valence-electron chi connectivity index (χ4n) is 26.8. The van der Waals surface area contributed by atoms with Crippen LogP contribution in [0.15, 0.2) is 170 Å². The van der Waals surface area contributed by atoms with E-state index in [0.29, 0.717) is 90.0 Å². The average molecular weight is 1750 g/mol. The van der Waals surface area contributed by atoms with Crippen molar-refractivity contribution in [3.8, 4) is 0 Å². The first-order chi connectivity index (χ1) is 55.6. The van der Waals surface area contributed by atoms with Crippen LogP contribution in [-0.2, 0) is 33.3 Å². The molecule has 4 aromatic rings. The number of hydrogen-bond acceptors (Lipinski definition) is 13. The first-order valence-corrected chi connectivity index (χ1v) is 44.6. The summed E-state index contributed by atoms with van der Waals surface area (Å²) in [5, 5.41) is 59.3. The van der Waals surface area contributed by atoms with Gasteiger partial charge in [-0.25, -0.2) is 9.59 Å². The number of carboxylic acids is 1. The van der Waals surface area contributed by atoms with Gasteiger partial charge >= 0.3 is 107 Å². The summed E-state index contributed by atoms with van der Waals surface area (Å²) in [4.78, 5) is 32.9. The molecule has 14 rings (SSSR count). The van der Waals surface area contributed by atoms with Crippen molar-refractivity contribution in [1.82, 2.24) is 0 Å². The molecule has 10 saturated carbocycles. The van der Waals surface area contributed by atoms with Gasteiger partial charge in [-0.3, -0.25) is 4.79 Å². The monoisotopic (exact) mass is 1750 g/mol. The third-order valence-electron chi connectivity index (χ3n) is 33.1. The Hall–Kier alpha value is -3.30. The van der Waals surface area contributed by atoms with Gasteiger partial charge in [0.1, 0.15) is 19.1 Å². The number of carboxylic acid groups (broad SMARTS) is 1. The number of rotatable bonds is 20. The molecule has 0 spiro atoms. The van der Waals surface area contributed by atoms with Crippen molar-refractivity contribution in [3.05, 3.63) is 192 Å². The number of allylic oxidation sites excluding steroid dienone is 2. The molecule has 0 aromatic heterocycles. The van der Waals surface area contributed by atoms with E-state index in [4.69, 9.17) is 36.0 Å². The summed E-state index contributed by atoms with van der Waals surface area (Å²) in [6, 6.07) is 39.6. The predicted molar refractivity (Wildman–Crippen MR) is 490 cm³/mol. The normalized spacial score (nSPS) is 33.9. The number of carbonyl (C=O) groups is 3. The molecule has 123 heavy (non-hydrogen) atoms. The second kappa shape index (κ2) is 50.4. The molecular weight excluding hydrogens is 1590 g/mol. The van der Waals surface area contributed by atoms with Gasteiger partial charge in [-0.05, 0) is 272 Å². The van der Waals surface area contributed by atoms with Gasteiger partial charge in [0.15, 0.2) is 0 Å². The molecule has 0 amide bonds. The molecule has 10 aliphatic carbocycles. The molecule has 10 fully saturated rings. The van der Waals surface area contributed by atoms with Crippen LogP contribution in [0.25, 0.3) is 24.3 Å². The van der Waals surface area contributed by atoms with Gasteiger partial charge in [-0.2, -0.15) is 0 Å². The van der Waals surface area contributed by atoms with Crippen LogP contribution in [0.2, 0.25) is 0 Å². The fourth-order valence-corrected chi connectivity index (χ4v) is 26.9. The van der Waals surface area contributed by atoms with Crippen molar-refractivity contribution in [2.45, 2.75) is 239 Å². The van der Waals surface area contributed by atoms with Gasteiger partial charge in [-0.15, -0.1) is 24.3 Å². The topological polar surface area (TPSA) is 242 Å². The number of carbonyl (C=O) groups excluding carboxylic acids is 2. The van der Waals surface area contributed by atoms with E-state index in [1.165, 1.54) is 108 Å². The van der Waals surface area contributed by atoms with E-state index in [1.807, 2.05) is 140 Å². The Kier molecular flexibility index (Phi) is 46.6. The number of esters is 2. The number of methoxy groups -OCH3 is 1. The SMILES string of the molecule is C.C.C=C(C)[C@@H]1CC[C@]2(CO)CC[C@]3(C)C(CCC4[C@@]5(C)CC[C@H](O)C(C)(C)C5CC[C@]43C)C12.C=C(C)[C@@H]1CC[C@]2(COC(=O)COC/C=C/c3ccccc3)CC[C@]3(C)C(CCC4[C@@]5(C)CC[C@H](O)C(C)(C)C5CC[C@]43C)C12.COC(=O)CCl.O=C(O)COC/C=C/c1ccccc1.OC/C=C/c1ccccc1.[H-].[Na+].[Na+].[Na+].[O-]C/C=C/c1ccccc1.[OH-]. The molecule has 8 unspecified atom stereocenters. The average Bonchev–Trinajstić information content (AvgIpc) is 1.13. The minimum Gasteiger partial charge on any atom is -1.00 e. The summed E-state index contributed by atoms with van der Waals surface area (Å²) in [6.45, 7) is 40.1. The largest absolute Gasteiger partial charge is 1.00 e. The van der Waals surface area contributed by atoms with Crippen LogP contribution in [0, 0.1) is 113 Å². The van der Waals surface area contributed by atoms with Crippen molar-refractivity contribution in [1.29, 1.82) is 0 Å². The molecule has 20 atom stereocenters. The van der Waals surface area contributed by atoms with E-state index in [0.717, 1.165) is 72.6 Å². The number of aliphatic hydroxyl groups excluding tert-OH is 4. The smallest absolute Gasteiger partial charge is 1.00 e. The van der Waals surface area contributed by atoms with Crippen molar-refractivity contribution in [2.75, 3.05) is 65.8 Å². The quantitative estimate of drug-likeness (QED) is 0.0182. The minimum absolute atomic E-state index is 0. The maximum absolute atomic E-state index is 12.9. The molecule has 18 heteroatoms. The second-order valence-corrected chi connectivity index (χ2v) is 39.7. The number of fused-ring (bicyclic) bond motifs is 14. The Balaban J connectivity index is 0.000000571. The van der Waals surface area contributed by atoms with Gasteiger partial charge in [0.05, 0.1) is 45.7 Å². The molecule has 10 aliphatic rings. The molecule has 6 N–H and O–H groups in total. The molecule has 4 aromatic carbocycles. The summed E-state index contributed by atoms with van der Waals surface area (Å²) in [7, 11) is 1.30. The van der Waals surface area contributed by atoms with E-state index in [-0.39, 0.29) is 199 Å². The van der Waals surface area contributed by atoms with E-state index in [2.05, 4.69) is 113 Å². The van der Waals surface area contributed by atoms with Crippen molar-refractivity contribution < 1.29 is 160 Å². The molecule has 14 nitrogen and oxygen atoms in total. The third-order valence-corrected chi connectivity index (χ3v) is 33.3. The van der Waals surface area contributed by atoms with Crippen molar-refractivity contribution >= 4 is 53.8 Å². The number of halogens is 1. The van der Waals surface area contributed by atoms with Crippen LogP contribution < -0.4 is 93.8 Å². The number of benzene rings is 4. The Morgan fingerprint density at radius 3 is 1.19 bits per heavy atom. The summed E-state index contributed by atoms with van der Waals surface area (Å²) < 4.78 is 20.7. The van der Waals surface area contributed by atoms with Crippen LogP contribution in [0.5, 0.6) is 0 Å². The number of ether oxygens (including phenoxy) is 4. The molecule has 0 aliphatic heterocycles. The fraction of sp³-hybridized carbons (Fsp3) is 0.629. The zero-order valence-electron chi connectivity index (χ0n) is 77.8. The van der Waals surface area contributed by atoms with Crippen LogP contribution in [0.4, 0.5) is 0 Å². The second-order valence-electron chi connectivity index (χ2n) is 39.4. The van der Waals surface area contributed by atoms with Gasteiger partial charge < -0.3 is 56.5 Å². The predicted octanol–water partition coefficient (Wildman–Crippen LogP) is 13.4. The zero-order valence-corrected chi connectivity index (χ0v) is 83.6.